The fourth-order valence-electron chi connectivity index (χ4n) is 10.8. The van der Waals surface area contributed by atoms with Crippen molar-refractivity contribution in [3.8, 4) is 0 Å². The number of carbonyl (C=O) groups is 3. The third-order valence-electron chi connectivity index (χ3n) is 12.3. The second-order valence-electron chi connectivity index (χ2n) is 15.2. The summed E-state index contributed by atoms with van der Waals surface area (Å²) in [5.74, 6) is -3.75. The van der Waals surface area contributed by atoms with E-state index >= 15 is 0 Å². The molecule has 258 valence electrons. The summed E-state index contributed by atoms with van der Waals surface area (Å²) in [6.45, 7) is 13.8. The van der Waals surface area contributed by atoms with E-state index in [1.54, 1.807) is 6.92 Å². The van der Waals surface area contributed by atoms with Crippen LogP contribution in [0.1, 0.15) is 92.9 Å². The van der Waals surface area contributed by atoms with Crippen molar-refractivity contribution in [2.75, 3.05) is 33.4 Å². The van der Waals surface area contributed by atoms with E-state index in [1.165, 1.54) is 0 Å². The molecular weight excluding hydrogens is 592 g/mol. The van der Waals surface area contributed by atoms with Crippen LogP contribution in [-0.4, -0.2) is 87.1 Å². The Labute approximate surface area is 272 Å². The SMILES string of the molecule is CCCCO[C@@H]1[C@@H]2OC(=O)C(C)=C2[C@]23OC4(CN)OC(=O)[C@H](CCC)C45C(CC(C)(C)CC(COCC)NC)CC[C@@]12C5OC3=O. The second-order valence-corrected chi connectivity index (χ2v) is 15.2. The first-order chi connectivity index (χ1) is 21.9. The number of carbonyl (C=O) groups excluding carboxylic acids is 3. The average Bonchev–Trinajstić information content (AvgIpc) is 3.59. The largest absolute Gasteiger partial charge is 0.458 e. The van der Waals surface area contributed by atoms with Gasteiger partial charge in [0.15, 0.2) is 6.10 Å². The molecule has 0 aromatic heterocycles. The Bertz CT molecular complexity index is 1280. The van der Waals surface area contributed by atoms with Crippen LogP contribution in [0.25, 0.3) is 0 Å². The molecule has 10 atom stereocenters. The van der Waals surface area contributed by atoms with Crippen molar-refractivity contribution in [3.05, 3.63) is 11.1 Å². The third-order valence-corrected chi connectivity index (χ3v) is 12.3. The first-order valence-electron chi connectivity index (χ1n) is 17.5. The Kier molecular flexibility index (Phi) is 8.70. The minimum absolute atomic E-state index is 0.118. The van der Waals surface area contributed by atoms with Crippen molar-refractivity contribution in [1.82, 2.24) is 5.32 Å². The number of ether oxygens (including phenoxy) is 6. The highest BCUT2D eigenvalue weighted by Gasteiger charge is 2.95. The molecule has 11 heteroatoms. The van der Waals surface area contributed by atoms with Gasteiger partial charge in [0.2, 0.25) is 11.4 Å². The van der Waals surface area contributed by atoms with Crippen molar-refractivity contribution < 1.29 is 42.8 Å². The zero-order chi connectivity index (χ0) is 33.3. The number of rotatable bonds is 15. The Morgan fingerprint density at radius 2 is 1.89 bits per heavy atom. The van der Waals surface area contributed by atoms with E-state index in [1.807, 2.05) is 20.9 Å². The van der Waals surface area contributed by atoms with Gasteiger partial charge in [-0.25, -0.2) is 9.59 Å². The Hall–Kier alpha value is -2.05. The Morgan fingerprint density at radius 1 is 1.13 bits per heavy atom. The number of hydrogen-bond donors (Lipinski definition) is 2. The maximum atomic E-state index is 14.6. The van der Waals surface area contributed by atoms with Gasteiger partial charge in [-0.15, -0.1) is 0 Å². The molecule has 6 rings (SSSR count). The van der Waals surface area contributed by atoms with Gasteiger partial charge in [-0.1, -0.05) is 40.5 Å². The minimum atomic E-state index is -1.70. The van der Waals surface area contributed by atoms with Crippen LogP contribution in [0.15, 0.2) is 11.1 Å². The molecule has 2 saturated carbocycles. The maximum Gasteiger partial charge on any atom is 0.344 e. The van der Waals surface area contributed by atoms with Crippen LogP contribution in [0, 0.1) is 28.1 Å². The molecule has 2 spiro atoms. The van der Waals surface area contributed by atoms with Gasteiger partial charge in [-0.2, -0.15) is 0 Å². The van der Waals surface area contributed by atoms with Crippen LogP contribution in [0.4, 0.5) is 0 Å². The summed E-state index contributed by atoms with van der Waals surface area (Å²) in [4.78, 5) is 41.7. The first kappa shape index (κ1) is 33.8. The van der Waals surface area contributed by atoms with Crippen LogP contribution in [0.3, 0.4) is 0 Å². The van der Waals surface area contributed by atoms with Gasteiger partial charge in [0.25, 0.3) is 0 Å². The number of hydrogen-bond acceptors (Lipinski definition) is 11. The van der Waals surface area contributed by atoms with Crippen molar-refractivity contribution in [3.63, 3.8) is 0 Å². The maximum absolute atomic E-state index is 14.6. The summed E-state index contributed by atoms with van der Waals surface area (Å²) in [5.41, 5.74) is 3.50. The summed E-state index contributed by atoms with van der Waals surface area (Å²) in [5, 5.41) is 3.41. The van der Waals surface area contributed by atoms with E-state index in [0.29, 0.717) is 50.2 Å². The molecule has 3 saturated heterocycles. The molecule has 0 aromatic carbocycles. The lowest BCUT2D eigenvalue weighted by molar-refractivity contribution is -0.380. The summed E-state index contributed by atoms with van der Waals surface area (Å²) >= 11 is 0. The van der Waals surface area contributed by atoms with Crippen molar-refractivity contribution in [2.24, 2.45) is 33.8 Å². The van der Waals surface area contributed by atoms with E-state index < -0.39 is 58.4 Å². The van der Waals surface area contributed by atoms with Gasteiger partial charge in [0.1, 0.15) is 12.2 Å². The van der Waals surface area contributed by atoms with Crippen molar-refractivity contribution in [1.29, 1.82) is 0 Å². The molecule has 11 nitrogen and oxygen atoms in total. The summed E-state index contributed by atoms with van der Waals surface area (Å²) < 4.78 is 38.7. The van der Waals surface area contributed by atoms with E-state index in [9.17, 15) is 14.4 Å². The molecule has 0 aromatic rings. The van der Waals surface area contributed by atoms with Crippen LogP contribution in [-0.2, 0) is 42.8 Å². The van der Waals surface area contributed by atoms with Crippen LogP contribution in [0.2, 0.25) is 0 Å². The summed E-state index contributed by atoms with van der Waals surface area (Å²) in [7, 11) is 1.95. The summed E-state index contributed by atoms with van der Waals surface area (Å²) in [6, 6.07) is 0.143. The predicted octanol–water partition coefficient (Wildman–Crippen LogP) is 3.56. The molecule has 4 heterocycles. The molecule has 4 aliphatic heterocycles. The van der Waals surface area contributed by atoms with Crippen LogP contribution < -0.4 is 11.1 Å². The minimum Gasteiger partial charge on any atom is -0.458 e. The third kappa shape index (κ3) is 4.17. The van der Waals surface area contributed by atoms with Gasteiger partial charge < -0.3 is 39.5 Å². The zero-order valence-corrected chi connectivity index (χ0v) is 28.7. The molecule has 5 fully saturated rings. The Morgan fingerprint density at radius 3 is 2.54 bits per heavy atom. The molecule has 3 N–H and O–H groups in total. The van der Waals surface area contributed by atoms with Gasteiger partial charge in [0, 0.05) is 30.4 Å². The molecule has 4 bridgehead atoms. The topological polar surface area (TPSA) is 145 Å². The van der Waals surface area contributed by atoms with E-state index in [2.05, 4.69) is 26.1 Å². The number of esters is 3. The van der Waals surface area contributed by atoms with Gasteiger partial charge in [-0.3, -0.25) is 4.79 Å². The first-order valence-corrected chi connectivity index (χ1v) is 17.5. The van der Waals surface area contributed by atoms with Crippen molar-refractivity contribution in [2.45, 2.75) is 129 Å². The number of nitrogens with two attached hydrogens (primary N) is 1. The fourth-order valence-corrected chi connectivity index (χ4v) is 10.8. The summed E-state index contributed by atoms with van der Waals surface area (Å²) in [6.07, 6.45) is 3.58. The number of likely N-dealkylation sites (N-methyl/N-ethyl adjacent to an activating group) is 1. The highest BCUT2D eigenvalue weighted by molar-refractivity contribution is 6.00. The van der Waals surface area contributed by atoms with E-state index in [4.69, 9.17) is 34.2 Å². The smallest absolute Gasteiger partial charge is 0.344 e. The predicted molar refractivity (Wildman–Crippen MR) is 167 cm³/mol. The van der Waals surface area contributed by atoms with E-state index in [-0.39, 0.29) is 29.9 Å². The fraction of sp³-hybridized carbons (Fsp3) is 0.857. The lowest BCUT2D eigenvalue weighted by Gasteiger charge is -2.65. The zero-order valence-electron chi connectivity index (χ0n) is 28.7. The highest BCUT2D eigenvalue weighted by atomic mass is 16.8. The normalized spacial score (nSPS) is 41.2. The number of fused-ring (bicyclic) bond motifs is 1. The lowest BCUT2D eigenvalue weighted by Crippen LogP contribution is -2.78. The molecular formula is C35H54N2O9. The molecule has 2 aliphatic carbocycles. The van der Waals surface area contributed by atoms with E-state index in [0.717, 1.165) is 32.1 Å². The lowest BCUT2D eigenvalue weighted by atomic mass is 9.42. The highest BCUT2D eigenvalue weighted by Crippen LogP contribution is 2.80. The monoisotopic (exact) mass is 646 g/mol. The van der Waals surface area contributed by atoms with Crippen LogP contribution >= 0.6 is 0 Å². The molecule has 6 aliphatic rings. The number of unbranched alkanes of at least 4 members (excludes halogenated alkanes) is 1. The standard InChI is InChI=1S/C35H54N2O9/c1-8-11-15-42-26-25-24(20(4)27(38)43-25)35-30(40)44-29-32(26,35)14-13-21(16-31(5,6)17-22(37-7)18-41-10-3)34(29)23(12-9-2)28(39)45-33(34,19-36)46-35/h21-23,25-26,29,37H,8-19,36H2,1-7H3/t21?,22?,23-,25+,26+,29?,32-,33?,34?,35+/m0/s1. The molecule has 5 unspecified atom stereocenters. The Balaban J connectivity index is 1.53. The average molecular weight is 647 g/mol. The van der Waals surface area contributed by atoms with Gasteiger partial charge in [-0.05, 0) is 70.8 Å². The van der Waals surface area contributed by atoms with Crippen molar-refractivity contribution >= 4 is 17.9 Å². The number of nitrogens with one attached hydrogen (secondary N) is 1. The van der Waals surface area contributed by atoms with Gasteiger partial charge >= 0.3 is 17.9 Å². The molecule has 46 heavy (non-hydrogen) atoms. The van der Waals surface area contributed by atoms with Crippen LogP contribution in [0.5, 0.6) is 0 Å². The van der Waals surface area contributed by atoms with Gasteiger partial charge in [0.05, 0.1) is 29.9 Å². The quantitative estimate of drug-likeness (QED) is 0.153. The molecule has 0 amide bonds. The second kappa shape index (κ2) is 11.8. The molecule has 0 radical (unpaired) electrons.